The molecule has 1 fully saturated rings. The summed E-state index contributed by atoms with van der Waals surface area (Å²) in [4.78, 5) is 18.0. The van der Waals surface area contributed by atoms with Crippen molar-refractivity contribution in [2.45, 2.75) is 0 Å². The molecule has 0 aliphatic carbocycles. The predicted molar refractivity (Wildman–Crippen MR) is 92.6 cm³/mol. The number of hydrogen-bond donors (Lipinski definition) is 0. The van der Waals surface area contributed by atoms with Gasteiger partial charge in [-0.15, -0.1) is 0 Å². The Morgan fingerprint density at radius 1 is 1.00 bits per heavy atom. The van der Waals surface area contributed by atoms with E-state index in [1.807, 2.05) is 18.2 Å². The molecule has 1 aliphatic heterocycles. The Morgan fingerprint density at radius 3 is 2.48 bits per heavy atom. The van der Waals surface area contributed by atoms with Gasteiger partial charge < -0.3 is 14.5 Å². The molecule has 4 rings (SSSR count). The Bertz CT molecular complexity index is 799. The lowest BCUT2D eigenvalue weighted by molar-refractivity contribution is 0.419. The zero-order valence-corrected chi connectivity index (χ0v) is 13.7. The van der Waals surface area contributed by atoms with E-state index in [1.165, 1.54) is 0 Å². The van der Waals surface area contributed by atoms with E-state index >= 15 is 0 Å². The van der Waals surface area contributed by atoms with Crippen molar-refractivity contribution in [1.82, 2.24) is 15.0 Å². The molecule has 1 aromatic carbocycles. The number of ether oxygens (including phenoxy) is 1. The second-order valence-electron chi connectivity index (χ2n) is 5.33. The molecule has 3 aromatic rings. The van der Waals surface area contributed by atoms with Crippen LogP contribution in [0.25, 0.3) is 10.2 Å². The van der Waals surface area contributed by atoms with Crippen LogP contribution in [0.5, 0.6) is 5.75 Å². The van der Waals surface area contributed by atoms with Crippen LogP contribution >= 0.6 is 11.3 Å². The number of fused-ring (bicyclic) bond motifs is 1. The summed E-state index contributed by atoms with van der Waals surface area (Å²) in [7, 11) is 1.69. The lowest BCUT2D eigenvalue weighted by Crippen LogP contribution is -2.47. The van der Waals surface area contributed by atoms with Gasteiger partial charge in [-0.3, -0.25) is 0 Å². The third-order valence-corrected chi connectivity index (χ3v) is 5.06. The van der Waals surface area contributed by atoms with E-state index in [2.05, 4.69) is 25.8 Å². The average Bonchev–Trinajstić information content (AvgIpc) is 3.07. The summed E-state index contributed by atoms with van der Waals surface area (Å²) in [6.45, 7) is 3.63. The first-order valence-electron chi connectivity index (χ1n) is 7.55. The van der Waals surface area contributed by atoms with Gasteiger partial charge in [0.15, 0.2) is 5.13 Å². The Labute approximate surface area is 138 Å². The van der Waals surface area contributed by atoms with Gasteiger partial charge in [0.05, 0.1) is 11.8 Å². The molecule has 1 aliphatic rings. The van der Waals surface area contributed by atoms with Crippen molar-refractivity contribution in [3.05, 3.63) is 36.7 Å². The summed E-state index contributed by atoms with van der Waals surface area (Å²) >= 11 is 1.72. The van der Waals surface area contributed by atoms with Gasteiger partial charge in [0.2, 0.25) is 5.95 Å². The minimum absolute atomic E-state index is 0.804. The topological polar surface area (TPSA) is 54.4 Å². The number of rotatable bonds is 3. The highest BCUT2D eigenvalue weighted by Crippen LogP contribution is 2.34. The number of hydrogen-bond acceptors (Lipinski definition) is 7. The number of benzene rings is 1. The van der Waals surface area contributed by atoms with E-state index in [0.717, 1.165) is 53.2 Å². The van der Waals surface area contributed by atoms with Crippen molar-refractivity contribution < 1.29 is 4.74 Å². The number of para-hydroxylation sites is 1. The first-order chi connectivity index (χ1) is 11.3. The molecule has 1 saturated heterocycles. The minimum Gasteiger partial charge on any atom is -0.494 e. The third kappa shape index (κ3) is 2.68. The summed E-state index contributed by atoms with van der Waals surface area (Å²) in [6.07, 6.45) is 3.57. The second kappa shape index (κ2) is 6.00. The molecular formula is C16H17N5OS. The maximum atomic E-state index is 5.40. The molecule has 0 spiro atoms. The summed E-state index contributed by atoms with van der Waals surface area (Å²) in [6, 6.07) is 7.89. The molecule has 6 nitrogen and oxygen atoms in total. The van der Waals surface area contributed by atoms with E-state index in [4.69, 9.17) is 9.72 Å². The van der Waals surface area contributed by atoms with Crippen LogP contribution < -0.4 is 14.5 Å². The van der Waals surface area contributed by atoms with E-state index < -0.39 is 0 Å². The van der Waals surface area contributed by atoms with Crippen LogP contribution in [0.3, 0.4) is 0 Å². The molecule has 0 atom stereocenters. The molecule has 3 heterocycles. The number of piperazine rings is 1. The third-order valence-electron chi connectivity index (χ3n) is 3.98. The zero-order chi connectivity index (χ0) is 15.6. The molecule has 118 valence electrons. The highest BCUT2D eigenvalue weighted by Gasteiger charge is 2.21. The molecule has 0 saturated carbocycles. The zero-order valence-electron chi connectivity index (χ0n) is 12.8. The van der Waals surface area contributed by atoms with Gasteiger partial charge in [-0.2, -0.15) is 0 Å². The van der Waals surface area contributed by atoms with Crippen LogP contribution in [0.2, 0.25) is 0 Å². The van der Waals surface area contributed by atoms with E-state index in [9.17, 15) is 0 Å². The van der Waals surface area contributed by atoms with Gasteiger partial charge in [-0.1, -0.05) is 17.4 Å². The maximum absolute atomic E-state index is 5.40. The van der Waals surface area contributed by atoms with E-state index in [-0.39, 0.29) is 0 Å². The molecule has 2 aromatic heterocycles. The average molecular weight is 327 g/mol. The lowest BCUT2D eigenvalue weighted by atomic mass is 10.3. The van der Waals surface area contributed by atoms with Crippen LogP contribution in [-0.4, -0.2) is 48.2 Å². The van der Waals surface area contributed by atoms with Crippen LogP contribution in [0.15, 0.2) is 36.7 Å². The summed E-state index contributed by atoms with van der Waals surface area (Å²) in [5.74, 6) is 1.64. The highest BCUT2D eigenvalue weighted by molar-refractivity contribution is 7.22. The number of aromatic nitrogens is 3. The number of thiazole rings is 1. The fraction of sp³-hybridized carbons (Fsp3) is 0.312. The first kappa shape index (κ1) is 14.2. The largest absolute Gasteiger partial charge is 0.494 e. The first-order valence-corrected chi connectivity index (χ1v) is 8.37. The monoisotopic (exact) mass is 327 g/mol. The Balaban J connectivity index is 1.52. The summed E-state index contributed by atoms with van der Waals surface area (Å²) in [5, 5.41) is 1.05. The quantitative estimate of drug-likeness (QED) is 0.736. The van der Waals surface area contributed by atoms with Crippen molar-refractivity contribution in [2.75, 3.05) is 43.1 Å². The predicted octanol–water partition coefficient (Wildman–Crippen LogP) is 2.42. The number of methoxy groups -OCH3 is 1. The van der Waals surface area contributed by atoms with Crippen LogP contribution in [0.1, 0.15) is 0 Å². The van der Waals surface area contributed by atoms with Gasteiger partial charge in [0, 0.05) is 38.6 Å². The molecule has 0 amide bonds. The van der Waals surface area contributed by atoms with Crippen molar-refractivity contribution in [2.24, 2.45) is 0 Å². The van der Waals surface area contributed by atoms with Gasteiger partial charge >= 0.3 is 0 Å². The van der Waals surface area contributed by atoms with Gasteiger partial charge in [0.1, 0.15) is 11.3 Å². The molecular weight excluding hydrogens is 310 g/mol. The summed E-state index contributed by atoms with van der Waals surface area (Å²) < 4.78 is 6.56. The molecule has 23 heavy (non-hydrogen) atoms. The Hall–Kier alpha value is -2.41. The number of nitrogens with zero attached hydrogens (tertiary/aromatic N) is 5. The Kier molecular flexibility index (Phi) is 3.70. The maximum Gasteiger partial charge on any atom is 0.225 e. The van der Waals surface area contributed by atoms with Crippen molar-refractivity contribution >= 4 is 32.6 Å². The lowest BCUT2D eigenvalue weighted by Gasteiger charge is -2.34. The molecule has 0 radical (unpaired) electrons. The highest BCUT2D eigenvalue weighted by atomic mass is 32.1. The Morgan fingerprint density at radius 2 is 1.74 bits per heavy atom. The normalized spacial score (nSPS) is 15.2. The van der Waals surface area contributed by atoms with E-state index in [0.29, 0.717) is 0 Å². The van der Waals surface area contributed by atoms with Crippen LogP contribution in [0, 0.1) is 0 Å². The second-order valence-corrected chi connectivity index (χ2v) is 6.34. The van der Waals surface area contributed by atoms with Crippen molar-refractivity contribution in [3.8, 4) is 5.75 Å². The summed E-state index contributed by atoms with van der Waals surface area (Å²) in [5.41, 5.74) is 0.948. The molecule has 0 unspecified atom stereocenters. The van der Waals surface area contributed by atoms with Crippen LogP contribution in [-0.2, 0) is 0 Å². The minimum atomic E-state index is 0.804. The number of anilines is 2. The SMILES string of the molecule is COc1cccc2sc(N3CCN(c4ncccn4)CC3)nc12. The smallest absolute Gasteiger partial charge is 0.225 e. The van der Waals surface area contributed by atoms with Gasteiger partial charge in [-0.25, -0.2) is 15.0 Å². The van der Waals surface area contributed by atoms with Crippen molar-refractivity contribution in [1.29, 1.82) is 0 Å². The molecule has 7 heteroatoms. The standard InChI is InChI=1S/C16H17N5OS/c1-22-12-4-2-5-13-14(12)19-16(23-13)21-10-8-20(9-11-21)15-17-6-3-7-18-15/h2-7H,8-11H2,1H3. The van der Waals surface area contributed by atoms with Gasteiger partial charge in [0.25, 0.3) is 0 Å². The van der Waals surface area contributed by atoms with Crippen molar-refractivity contribution in [3.63, 3.8) is 0 Å². The van der Waals surface area contributed by atoms with Gasteiger partial charge in [-0.05, 0) is 18.2 Å². The molecule has 0 N–H and O–H groups in total. The molecule has 0 bridgehead atoms. The van der Waals surface area contributed by atoms with E-state index in [1.54, 1.807) is 30.8 Å². The fourth-order valence-electron chi connectivity index (χ4n) is 2.76. The fourth-order valence-corrected chi connectivity index (χ4v) is 3.80. The van der Waals surface area contributed by atoms with Crippen LogP contribution in [0.4, 0.5) is 11.1 Å².